The van der Waals surface area contributed by atoms with Crippen LogP contribution in [0.5, 0.6) is 0 Å². The highest BCUT2D eigenvalue weighted by atomic mass is 16.5. The standard InChI is InChI=1S/C13H26N2O4/c1-9(2)8-10(11(16)17)15-12(18)14-6-7-19-13(3,4)5/h9-10H,6-8H2,1-5H3,(H,16,17)(H2,14,15,18). The molecule has 0 saturated carbocycles. The van der Waals surface area contributed by atoms with Gasteiger partial charge in [-0.05, 0) is 33.1 Å². The maximum absolute atomic E-state index is 11.5. The molecule has 0 aliphatic carbocycles. The minimum atomic E-state index is -1.02. The minimum absolute atomic E-state index is 0.200. The molecular formula is C13H26N2O4. The summed E-state index contributed by atoms with van der Waals surface area (Å²) < 4.78 is 5.44. The van der Waals surface area contributed by atoms with Crippen molar-refractivity contribution in [2.75, 3.05) is 13.2 Å². The molecule has 0 spiro atoms. The van der Waals surface area contributed by atoms with Crippen molar-refractivity contribution in [3.63, 3.8) is 0 Å². The Morgan fingerprint density at radius 2 is 1.84 bits per heavy atom. The summed E-state index contributed by atoms with van der Waals surface area (Å²) in [5.41, 5.74) is -0.251. The van der Waals surface area contributed by atoms with E-state index in [0.29, 0.717) is 19.6 Å². The molecule has 0 radical (unpaired) electrons. The van der Waals surface area contributed by atoms with Crippen molar-refractivity contribution in [2.45, 2.75) is 52.7 Å². The number of rotatable bonds is 7. The molecule has 3 N–H and O–H groups in total. The van der Waals surface area contributed by atoms with Crippen LogP contribution in [0.4, 0.5) is 4.79 Å². The van der Waals surface area contributed by atoms with Crippen LogP contribution in [0.3, 0.4) is 0 Å². The van der Waals surface area contributed by atoms with Crippen molar-refractivity contribution in [3.05, 3.63) is 0 Å². The third kappa shape index (κ3) is 10.3. The van der Waals surface area contributed by atoms with Gasteiger partial charge in [-0.1, -0.05) is 13.8 Å². The third-order valence-electron chi connectivity index (χ3n) is 2.23. The first-order valence-electron chi connectivity index (χ1n) is 6.53. The quantitative estimate of drug-likeness (QED) is 0.615. The van der Waals surface area contributed by atoms with E-state index in [2.05, 4.69) is 10.6 Å². The van der Waals surface area contributed by atoms with E-state index in [1.165, 1.54) is 0 Å². The molecule has 0 aromatic heterocycles. The van der Waals surface area contributed by atoms with E-state index in [-0.39, 0.29) is 11.5 Å². The van der Waals surface area contributed by atoms with Crippen LogP contribution in [0.15, 0.2) is 0 Å². The second-order valence-corrected chi connectivity index (χ2v) is 5.88. The number of amides is 2. The molecule has 6 nitrogen and oxygen atoms in total. The van der Waals surface area contributed by atoms with Gasteiger partial charge in [0, 0.05) is 6.54 Å². The van der Waals surface area contributed by atoms with Crippen molar-refractivity contribution < 1.29 is 19.4 Å². The van der Waals surface area contributed by atoms with E-state index < -0.39 is 18.0 Å². The van der Waals surface area contributed by atoms with Gasteiger partial charge in [0.2, 0.25) is 0 Å². The Morgan fingerprint density at radius 3 is 2.26 bits per heavy atom. The summed E-state index contributed by atoms with van der Waals surface area (Å²) in [5, 5.41) is 14.0. The molecule has 2 amide bonds. The Balaban J connectivity index is 3.97. The number of carbonyl (C=O) groups excluding carboxylic acids is 1. The summed E-state index contributed by atoms with van der Waals surface area (Å²) in [7, 11) is 0. The molecule has 6 heteroatoms. The second-order valence-electron chi connectivity index (χ2n) is 5.88. The fourth-order valence-electron chi connectivity index (χ4n) is 1.42. The Kier molecular flexibility index (Phi) is 7.44. The summed E-state index contributed by atoms with van der Waals surface area (Å²) in [5.74, 6) is -0.819. The van der Waals surface area contributed by atoms with Gasteiger partial charge in [0.25, 0.3) is 0 Å². The van der Waals surface area contributed by atoms with Crippen LogP contribution in [0.2, 0.25) is 0 Å². The Morgan fingerprint density at radius 1 is 1.26 bits per heavy atom. The number of carboxylic acid groups (broad SMARTS) is 1. The Bertz CT molecular complexity index is 298. The molecule has 0 aliphatic rings. The lowest BCUT2D eigenvalue weighted by molar-refractivity contribution is -0.139. The molecule has 19 heavy (non-hydrogen) atoms. The van der Waals surface area contributed by atoms with E-state index in [1.54, 1.807) is 0 Å². The summed E-state index contributed by atoms with van der Waals surface area (Å²) >= 11 is 0. The van der Waals surface area contributed by atoms with Crippen molar-refractivity contribution in [1.29, 1.82) is 0 Å². The van der Waals surface area contributed by atoms with Crippen LogP contribution in [0.1, 0.15) is 41.0 Å². The fraction of sp³-hybridized carbons (Fsp3) is 0.846. The topological polar surface area (TPSA) is 87.7 Å². The monoisotopic (exact) mass is 274 g/mol. The first-order valence-corrected chi connectivity index (χ1v) is 6.53. The van der Waals surface area contributed by atoms with Crippen molar-refractivity contribution in [1.82, 2.24) is 10.6 Å². The summed E-state index contributed by atoms with van der Waals surface area (Å²) in [6.07, 6.45) is 0.404. The molecule has 0 aromatic carbocycles. The largest absolute Gasteiger partial charge is 0.480 e. The zero-order valence-corrected chi connectivity index (χ0v) is 12.4. The average molecular weight is 274 g/mol. The van der Waals surface area contributed by atoms with Gasteiger partial charge in [0.1, 0.15) is 6.04 Å². The number of carbonyl (C=O) groups is 2. The normalized spacial score (nSPS) is 13.2. The van der Waals surface area contributed by atoms with Gasteiger partial charge in [0.15, 0.2) is 0 Å². The highest BCUT2D eigenvalue weighted by Crippen LogP contribution is 2.06. The number of carboxylic acids is 1. The maximum atomic E-state index is 11.5. The molecule has 0 fully saturated rings. The van der Waals surface area contributed by atoms with Gasteiger partial charge in [-0.2, -0.15) is 0 Å². The molecule has 1 unspecified atom stereocenters. The lowest BCUT2D eigenvalue weighted by Gasteiger charge is -2.20. The zero-order chi connectivity index (χ0) is 15.1. The highest BCUT2D eigenvalue weighted by molar-refractivity contribution is 5.82. The number of aliphatic carboxylic acids is 1. The number of ether oxygens (including phenoxy) is 1. The van der Waals surface area contributed by atoms with Crippen LogP contribution in [0.25, 0.3) is 0 Å². The fourth-order valence-corrected chi connectivity index (χ4v) is 1.42. The Hall–Kier alpha value is -1.30. The van der Waals surface area contributed by atoms with Gasteiger partial charge < -0.3 is 20.5 Å². The molecule has 0 bridgehead atoms. The molecule has 112 valence electrons. The molecule has 0 aromatic rings. The SMILES string of the molecule is CC(C)CC(NC(=O)NCCOC(C)(C)C)C(=O)O. The second kappa shape index (κ2) is 7.99. The molecule has 0 saturated heterocycles. The van der Waals surface area contributed by atoms with Crippen LogP contribution in [-0.4, -0.2) is 41.9 Å². The van der Waals surface area contributed by atoms with Crippen LogP contribution in [-0.2, 0) is 9.53 Å². The molecular weight excluding hydrogens is 248 g/mol. The first-order chi connectivity index (χ1) is 8.61. The van der Waals surface area contributed by atoms with Gasteiger partial charge in [-0.25, -0.2) is 9.59 Å². The smallest absolute Gasteiger partial charge is 0.326 e. The number of hydrogen-bond donors (Lipinski definition) is 3. The van der Waals surface area contributed by atoms with E-state index in [0.717, 1.165) is 0 Å². The lowest BCUT2D eigenvalue weighted by atomic mass is 10.0. The van der Waals surface area contributed by atoms with Crippen molar-refractivity contribution in [3.8, 4) is 0 Å². The Labute approximate surface area is 114 Å². The van der Waals surface area contributed by atoms with Gasteiger partial charge in [-0.3, -0.25) is 0 Å². The number of urea groups is 1. The molecule has 0 aliphatic heterocycles. The number of hydrogen-bond acceptors (Lipinski definition) is 3. The first kappa shape index (κ1) is 17.7. The minimum Gasteiger partial charge on any atom is -0.480 e. The maximum Gasteiger partial charge on any atom is 0.326 e. The van der Waals surface area contributed by atoms with E-state index >= 15 is 0 Å². The predicted octanol–water partition coefficient (Wildman–Crippen LogP) is 1.60. The molecule has 0 rings (SSSR count). The van der Waals surface area contributed by atoms with Crippen molar-refractivity contribution >= 4 is 12.0 Å². The summed E-state index contributed by atoms with van der Waals surface area (Å²) in [6, 6.07) is -1.34. The van der Waals surface area contributed by atoms with Gasteiger partial charge >= 0.3 is 12.0 Å². The molecule has 0 heterocycles. The van der Waals surface area contributed by atoms with E-state index in [4.69, 9.17) is 9.84 Å². The lowest BCUT2D eigenvalue weighted by Crippen LogP contribution is -2.47. The van der Waals surface area contributed by atoms with Gasteiger partial charge in [-0.15, -0.1) is 0 Å². The van der Waals surface area contributed by atoms with E-state index in [9.17, 15) is 9.59 Å². The van der Waals surface area contributed by atoms with Crippen molar-refractivity contribution in [2.24, 2.45) is 5.92 Å². The number of nitrogens with one attached hydrogen (secondary N) is 2. The van der Waals surface area contributed by atoms with Crippen LogP contribution >= 0.6 is 0 Å². The highest BCUT2D eigenvalue weighted by Gasteiger charge is 2.20. The predicted molar refractivity (Wildman–Crippen MR) is 73.1 cm³/mol. The summed E-state index contributed by atoms with van der Waals surface area (Å²) in [6.45, 7) is 10.3. The van der Waals surface area contributed by atoms with E-state index in [1.807, 2.05) is 34.6 Å². The van der Waals surface area contributed by atoms with Crippen LogP contribution in [0, 0.1) is 5.92 Å². The van der Waals surface area contributed by atoms with Gasteiger partial charge in [0.05, 0.1) is 12.2 Å². The third-order valence-corrected chi connectivity index (χ3v) is 2.23. The average Bonchev–Trinajstić information content (AvgIpc) is 2.21. The molecule has 1 atom stereocenters. The van der Waals surface area contributed by atoms with Crippen LogP contribution < -0.4 is 10.6 Å². The summed E-state index contributed by atoms with van der Waals surface area (Å²) in [4.78, 5) is 22.5. The zero-order valence-electron chi connectivity index (χ0n) is 12.4.